The minimum absolute atomic E-state index is 0.152. The maximum absolute atomic E-state index is 12.8. The van der Waals surface area contributed by atoms with Gasteiger partial charge in [0.2, 0.25) is 5.06 Å². The summed E-state index contributed by atoms with van der Waals surface area (Å²) >= 11 is 4.55. The van der Waals surface area contributed by atoms with Crippen molar-refractivity contribution in [3.05, 3.63) is 70.7 Å². The molecule has 2 aromatic carbocycles. The van der Waals surface area contributed by atoms with Gasteiger partial charge in [-0.1, -0.05) is 53.8 Å². The van der Waals surface area contributed by atoms with Crippen LogP contribution in [0.4, 0.5) is 10.5 Å². The van der Waals surface area contributed by atoms with Gasteiger partial charge in [0.25, 0.3) is 5.91 Å². The van der Waals surface area contributed by atoms with Gasteiger partial charge in [0.1, 0.15) is 0 Å². The van der Waals surface area contributed by atoms with Gasteiger partial charge in [0, 0.05) is 16.4 Å². The van der Waals surface area contributed by atoms with Crippen molar-refractivity contribution < 1.29 is 19.4 Å². The van der Waals surface area contributed by atoms with Crippen LogP contribution in [0.15, 0.2) is 65.1 Å². The van der Waals surface area contributed by atoms with Gasteiger partial charge in [0.15, 0.2) is 0 Å². The highest BCUT2D eigenvalue weighted by atomic mass is 79.9. The van der Waals surface area contributed by atoms with Gasteiger partial charge in [-0.15, -0.1) is 0 Å². The topological polar surface area (TPSA) is 66.8 Å². The zero-order valence-corrected chi connectivity index (χ0v) is 16.1. The second-order valence-electron chi connectivity index (χ2n) is 5.36. The minimum Gasteiger partial charge on any atom is -0.449 e. The van der Waals surface area contributed by atoms with Crippen LogP contribution in [0.3, 0.4) is 0 Å². The van der Waals surface area contributed by atoms with E-state index in [9.17, 15) is 9.59 Å². The van der Waals surface area contributed by atoms with Gasteiger partial charge >= 0.3 is 6.16 Å². The second kappa shape index (κ2) is 7.72. The van der Waals surface area contributed by atoms with E-state index in [1.807, 2.05) is 36.4 Å². The molecule has 132 valence electrons. The predicted octanol–water partition coefficient (Wildman–Crippen LogP) is 5.51. The monoisotopic (exact) mass is 431 g/mol. The smallest absolute Gasteiger partial charge is 0.449 e. The first kappa shape index (κ1) is 18.2. The van der Waals surface area contributed by atoms with E-state index in [0.717, 1.165) is 10.4 Å². The minimum atomic E-state index is -1.42. The van der Waals surface area contributed by atoms with Crippen molar-refractivity contribution in [1.82, 2.24) is 0 Å². The van der Waals surface area contributed by atoms with Crippen molar-refractivity contribution in [3.8, 4) is 15.5 Å². The fourth-order valence-electron chi connectivity index (χ4n) is 2.42. The molecule has 0 aliphatic carbocycles. The first-order valence-corrected chi connectivity index (χ1v) is 9.21. The lowest BCUT2D eigenvalue weighted by Gasteiger charge is -2.17. The summed E-state index contributed by atoms with van der Waals surface area (Å²) in [5.74, 6) is -0.273. The Kier molecular flexibility index (Phi) is 5.39. The summed E-state index contributed by atoms with van der Waals surface area (Å²) < 4.78 is 5.58. The molecule has 7 heteroatoms. The van der Waals surface area contributed by atoms with E-state index in [1.165, 1.54) is 16.2 Å². The number of carbonyl (C=O) groups excluding carboxylic acids is 1. The number of rotatable bonds is 4. The van der Waals surface area contributed by atoms with Crippen LogP contribution < -0.4 is 9.64 Å². The van der Waals surface area contributed by atoms with Gasteiger partial charge < -0.3 is 14.7 Å². The maximum atomic E-state index is 12.8. The Hall–Kier alpha value is -2.64. The average molecular weight is 432 g/mol. The van der Waals surface area contributed by atoms with Crippen LogP contribution in [0.25, 0.3) is 10.4 Å². The molecule has 0 fully saturated rings. The Bertz CT molecular complexity index is 955. The fourth-order valence-corrected chi connectivity index (χ4v) is 3.91. The summed E-state index contributed by atoms with van der Waals surface area (Å²) in [6.45, 7) is 0. The number of benzene rings is 2. The third kappa shape index (κ3) is 3.79. The molecule has 0 bridgehead atoms. The van der Waals surface area contributed by atoms with Crippen molar-refractivity contribution in [2.24, 2.45) is 0 Å². The van der Waals surface area contributed by atoms with Crippen LogP contribution in [0.5, 0.6) is 5.06 Å². The number of hydrogen-bond donors (Lipinski definition) is 1. The molecule has 5 nitrogen and oxygen atoms in total. The van der Waals surface area contributed by atoms with Crippen LogP contribution in [-0.2, 0) is 0 Å². The molecule has 0 aliphatic rings. The van der Waals surface area contributed by atoms with E-state index in [-0.39, 0.29) is 11.0 Å². The molecular formula is C19H14BrNO4S. The molecule has 1 amide bonds. The third-order valence-electron chi connectivity index (χ3n) is 3.69. The number of nitrogens with zero attached hydrogens (tertiary/aromatic N) is 1. The Labute approximate surface area is 162 Å². The number of thiophene rings is 1. The SMILES string of the molecule is CN(C(=O)c1ccccc1Br)c1cc(-c2ccccc2)sc1OC(=O)O. The van der Waals surface area contributed by atoms with Gasteiger partial charge in [0.05, 0.1) is 11.3 Å². The number of halogens is 1. The third-order valence-corrected chi connectivity index (χ3v) is 5.43. The number of ether oxygens (including phenoxy) is 1. The molecule has 0 unspecified atom stereocenters. The van der Waals surface area contributed by atoms with E-state index in [1.54, 1.807) is 31.3 Å². The van der Waals surface area contributed by atoms with Crippen molar-refractivity contribution in [3.63, 3.8) is 0 Å². The van der Waals surface area contributed by atoms with E-state index in [4.69, 9.17) is 9.84 Å². The molecule has 1 heterocycles. The van der Waals surface area contributed by atoms with Crippen LogP contribution >= 0.6 is 27.3 Å². The Morgan fingerprint density at radius 3 is 2.38 bits per heavy atom. The highest BCUT2D eigenvalue weighted by Gasteiger charge is 2.23. The molecule has 3 rings (SSSR count). The first-order valence-electron chi connectivity index (χ1n) is 7.60. The zero-order valence-electron chi connectivity index (χ0n) is 13.7. The Morgan fingerprint density at radius 1 is 1.08 bits per heavy atom. The van der Waals surface area contributed by atoms with Gasteiger partial charge in [-0.25, -0.2) is 4.79 Å². The molecule has 1 aromatic heterocycles. The summed E-state index contributed by atoms with van der Waals surface area (Å²) in [5.41, 5.74) is 1.79. The van der Waals surface area contributed by atoms with Crippen molar-refractivity contribution in [2.45, 2.75) is 0 Å². The normalized spacial score (nSPS) is 10.4. The largest absolute Gasteiger partial charge is 0.512 e. The highest BCUT2D eigenvalue weighted by molar-refractivity contribution is 9.10. The fraction of sp³-hybridized carbons (Fsp3) is 0.0526. The summed E-state index contributed by atoms with van der Waals surface area (Å²) in [6, 6.07) is 18.3. The standard InChI is InChI=1S/C19H14BrNO4S/c1-21(17(22)13-9-5-6-10-14(13)20)15-11-16(12-7-3-2-4-8-12)26-18(15)25-19(23)24/h2-11H,1H3,(H,23,24). The summed E-state index contributed by atoms with van der Waals surface area (Å²) in [7, 11) is 1.59. The molecule has 26 heavy (non-hydrogen) atoms. The highest BCUT2D eigenvalue weighted by Crippen LogP contribution is 2.43. The number of amides is 1. The molecule has 0 aliphatic heterocycles. The zero-order chi connectivity index (χ0) is 18.7. The predicted molar refractivity (Wildman–Crippen MR) is 105 cm³/mol. The molecular weight excluding hydrogens is 418 g/mol. The first-order chi connectivity index (χ1) is 12.5. The molecule has 0 atom stereocenters. The van der Waals surface area contributed by atoms with Crippen LogP contribution in [0, 0.1) is 0 Å². The summed E-state index contributed by atoms with van der Waals surface area (Å²) in [4.78, 5) is 26.1. The van der Waals surface area contributed by atoms with E-state index in [2.05, 4.69) is 15.9 Å². The average Bonchev–Trinajstić information content (AvgIpc) is 3.04. The van der Waals surface area contributed by atoms with E-state index >= 15 is 0 Å². The number of carboxylic acid groups (broad SMARTS) is 1. The van der Waals surface area contributed by atoms with Crippen LogP contribution in [-0.4, -0.2) is 24.2 Å². The van der Waals surface area contributed by atoms with Gasteiger partial charge in [-0.2, -0.15) is 0 Å². The van der Waals surface area contributed by atoms with Gasteiger partial charge in [-0.05, 0) is 39.7 Å². The molecule has 3 aromatic rings. The number of hydrogen-bond acceptors (Lipinski definition) is 4. The maximum Gasteiger partial charge on any atom is 0.512 e. The van der Waals surface area contributed by atoms with E-state index < -0.39 is 6.16 Å². The molecule has 1 N–H and O–H groups in total. The lowest BCUT2D eigenvalue weighted by atomic mass is 10.1. The van der Waals surface area contributed by atoms with Crippen molar-refractivity contribution in [1.29, 1.82) is 0 Å². The Balaban J connectivity index is 2.02. The quantitative estimate of drug-likeness (QED) is 0.552. The number of carbonyl (C=O) groups is 2. The summed E-state index contributed by atoms with van der Waals surface area (Å²) in [5, 5.41) is 9.18. The molecule has 0 saturated carbocycles. The van der Waals surface area contributed by atoms with E-state index in [0.29, 0.717) is 15.7 Å². The lowest BCUT2D eigenvalue weighted by molar-refractivity contribution is 0.0990. The van der Waals surface area contributed by atoms with Crippen molar-refractivity contribution >= 4 is 45.0 Å². The second-order valence-corrected chi connectivity index (χ2v) is 7.23. The van der Waals surface area contributed by atoms with Gasteiger partial charge in [-0.3, -0.25) is 4.79 Å². The van der Waals surface area contributed by atoms with Crippen LogP contribution in [0.1, 0.15) is 10.4 Å². The van der Waals surface area contributed by atoms with Crippen LogP contribution in [0.2, 0.25) is 0 Å². The lowest BCUT2D eigenvalue weighted by Crippen LogP contribution is -2.26. The summed E-state index contributed by atoms with van der Waals surface area (Å²) in [6.07, 6.45) is -1.42. The number of anilines is 1. The molecule has 0 radical (unpaired) electrons. The van der Waals surface area contributed by atoms with Crippen molar-refractivity contribution in [2.75, 3.05) is 11.9 Å². The Morgan fingerprint density at radius 2 is 1.73 bits per heavy atom. The molecule has 0 spiro atoms. The molecule has 0 saturated heterocycles.